The van der Waals surface area contributed by atoms with Crippen molar-refractivity contribution < 1.29 is 9.59 Å². The van der Waals surface area contributed by atoms with Gasteiger partial charge in [0.2, 0.25) is 11.8 Å². The number of amides is 2. The third kappa shape index (κ3) is 4.96. The molecule has 0 saturated heterocycles. The Kier molecular flexibility index (Phi) is 7.71. The number of nitrogens with zero attached hydrogens (tertiary/aromatic N) is 4. The third-order valence-electron chi connectivity index (χ3n) is 5.16. The van der Waals surface area contributed by atoms with Gasteiger partial charge < -0.3 is 9.80 Å². The third-order valence-corrected chi connectivity index (χ3v) is 5.16. The van der Waals surface area contributed by atoms with Crippen LogP contribution in [0.25, 0.3) is 0 Å². The molecule has 0 heterocycles. The second-order valence-corrected chi connectivity index (χ2v) is 6.88. The Morgan fingerprint density at radius 3 is 1.67 bits per heavy atom. The number of carbonyl (C=O) groups is 2. The van der Waals surface area contributed by atoms with Gasteiger partial charge in [-0.05, 0) is 33.1 Å². The summed E-state index contributed by atoms with van der Waals surface area (Å²) in [5.74, 6) is -0.247. The monoisotopic (exact) mass is 332 g/mol. The van der Waals surface area contributed by atoms with E-state index in [1.54, 1.807) is 23.9 Å². The number of hydrogen-bond donors (Lipinski definition) is 0. The summed E-state index contributed by atoms with van der Waals surface area (Å²) >= 11 is 0. The topological polar surface area (TPSA) is 88.2 Å². The molecular formula is C18H28N4O2. The maximum Gasteiger partial charge on any atom is 0.225 e. The van der Waals surface area contributed by atoms with Crippen molar-refractivity contribution in [3.63, 3.8) is 0 Å². The predicted octanol–water partition coefficient (Wildman–Crippen LogP) is 2.31. The predicted molar refractivity (Wildman–Crippen MR) is 90.4 cm³/mol. The molecule has 0 radical (unpaired) electrons. The van der Waals surface area contributed by atoms with Crippen molar-refractivity contribution in [3.05, 3.63) is 0 Å². The summed E-state index contributed by atoms with van der Waals surface area (Å²) in [7, 11) is 3.47. The van der Waals surface area contributed by atoms with Crippen LogP contribution in [0.4, 0.5) is 0 Å². The summed E-state index contributed by atoms with van der Waals surface area (Å²) in [6.07, 6.45) is 3.63. The van der Waals surface area contributed by atoms with E-state index in [-0.39, 0.29) is 35.7 Å². The first kappa shape index (κ1) is 20.0. The van der Waals surface area contributed by atoms with Crippen LogP contribution < -0.4 is 0 Å². The molecule has 1 rings (SSSR count). The van der Waals surface area contributed by atoms with Gasteiger partial charge in [-0.3, -0.25) is 9.59 Å². The van der Waals surface area contributed by atoms with Gasteiger partial charge in [0.15, 0.2) is 0 Å². The summed E-state index contributed by atoms with van der Waals surface area (Å²) in [4.78, 5) is 28.6. The summed E-state index contributed by atoms with van der Waals surface area (Å²) in [6, 6.07) is 3.96. The van der Waals surface area contributed by atoms with Crippen LogP contribution in [-0.2, 0) is 9.59 Å². The lowest BCUT2D eigenvalue weighted by Crippen LogP contribution is -2.44. The van der Waals surface area contributed by atoms with Crippen LogP contribution in [0.15, 0.2) is 0 Å². The van der Waals surface area contributed by atoms with Gasteiger partial charge in [0.25, 0.3) is 0 Å². The van der Waals surface area contributed by atoms with Crippen molar-refractivity contribution >= 4 is 11.8 Å². The summed E-state index contributed by atoms with van der Waals surface area (Å²) in [5.41, 5.74) is 0. The van der Waals surface area contributed by atoms with Crippen LogP contribution in [0, 0.1) is 34.5 Å². The van der Waals surface area contributed by atoms with E-state index in [9.17, 15) is 9.59 Å². The van der Waals surface area contributed by atoms with Crippen LogP contribution in [-0.4, -0.2) is 47.8 Å². The van der Waals surface area contributed by atoms with Gasteiger partial charge in [0, 0.05) is 38.0 Å². The molecule has 6 nitrogen and oxygen atoms in total. The molecule has 0 aliphatic heterocycles. The lowest BCUT2D eigenvalue weighted by Gasteiger charge is -2.35. The summed E-state index contributed by atoms with van der Waals surface area (Å²) in [5, 5.41) is 17.6. The van der Waals surface area contributed by atoms with Crippen LogP contribution in [0.3, 0.4) is 0 Å². The van der Waals surface area contributed by atoms with Gasteiger partial charge in [-0.25, -0.2) is 0 Å². The summed E-state index contributed by atoms with van der Waals surface area (Å²) in [6.45, 7) is 3.73. The minimum atomic E-state index is -0.154. The van der Waals surface area contributed by atoms with Gasteiger partial charge in [0.05, 0.1) is 25.0 Å². The molecule has 0 bridgehead atoms. The Morgan fingerprint density at radius 1 is 0.958 bits per heavy atom. The number of rotatable bonds is 6. The molecule has 1 aliphatic carbocycles. The fourth-order valence-electron chi connectivity index (χ4n) is 3.19. The minimum Gasteiger partial charge on any atom is -0.342 e. The Hall–Kier alpha value is -2.08. The fraction of sp³-hybridized carbons (Fsp3) is 0.778. The maximum absolute atomic E-state index is 12.6. The van der Waals surface area contributed by atoms with Crippen molar-refractivity contribution in [2.75, 3.05) is 14.1 Å². The normalized spacial score (nSPS) is 22.6. The highest BCUT2D eigenvalue weighted by Gasteiger charge is 2.35. The maximum atomic E-state index is 12.6. The van der Waals surface area contributed by atoms with E-state index in [2.05, 4.69) is 12.1 Å². The molecule has 0 spiro atoms. The molecule has 2 amide bonds. The highest BCUT2D eigenvalue weighted by atomic mass is 16.2. The van der Waals surface area contributed by atoms with Crippen molar-refractivity contribution in [2.24, 2.45) is 11.8 Å². The van der Waals surface area contributed by atoms with E-state index >= 15 is 0 Å². The van der Waals surface area contributed by atoms with Gasteiger partial charge in [-0.2, -0.15) is 10.5 Å². The molecule has 1 fully saturated rings. The molecule has 132 valence electrons. The molecular weight excluding hydrogens is 304 g/mol. The van der Waals surface area contributed by atoms with Crippen LogP contribution in [0.1, 0.15) is 52.4 Å². The molecule has 0 N–H and O–H groups in total. The molecule has 4 unspecified atom stereocenters. The molecule has 0 aromatic rings. The zero-order valence-corrected chi connectivity index (χ0v) is 15.2. The number of nitriles is 2. The standard InChI is InChI=1S/C18H28N4O2/c1-13(8-10-19)21(3)17(23)15-6-5-7-16(12-15)18(24)22(4)14(2)9-11-20/h13-16H,5-9,12H2,1-4H3. The average molecular weight is 332 g/mol. The van der Waals surface area contributed by atoms with E-state index in [1.165, 1.54) is 0 Å². The molecule has 6 heteroatoms. The first-order chi connectivity index (χ1) is 11.3. The van der Waals surface area contributed by atoms with E-state index < -0.39 is 0 Å². The quantitative estimate of drug-likeness (QED) is 0.746. The van der Waals surface area contributed by atoms with Crippen molar-refractivity contribution in [2.45, 2.75) is 64.5 Å². The van der Waals surface area contributed by atoms with Crippen LogP contribution >= 0.6 is 0 Å². The molecule has 0 aromatic carbocycles. The molecule has 1 saturated carbocycles. The first-order valence-corrected chi connectivity index (χ1v) is 8.60. The highest BCUT2D eigenvalue weighted by Crippen LogP contribution is 2.32. The van der Waals surface area contributed by atoms with E-state index in [0.29, 0.717) is 19.3 Å². The van der Waals surface area contributed by atoms with Crippen LogP contribution in [0.2, 0.25) is 0 Å². The fourth-order valence-corrected chi connectivity index (χ4v) is 3.19. The van der Waals surface area contributed by atoms with Crippen molar-refractivity contribution in [3.8, 4) is 12.1 Å². The smallest absolute Gasteiger partial charge is 0.225 e. The average Bonchev–Trinajstić information content (AvgIpc) is 2.59. The SMILES string of the molecule is CC(CC#N)N(C)C(=O)C1CCCC(C(=O)N(C)C(C)CC#N)C1. The second-order valence-electron chi connectivity index (χ2n) is 6.88. The largest absolute Gasteiger partial charge is 0.342 e. The van der Waals surface area contributed by atoms with Gasteiger partial charge >= 0.3 is 0 Å². The van der Waals surface area contributed by atoms with Crippen molar-refractivity contribution in [1.29, 1.82) is 10.5 Å². The van der Waals surface area contributed by atoms with E-state index in [1.807, 2.05) is 13.8 Å². The van der Waals surface area contributed by atoms with Gasteiger partial charge in [0.1, 0.15) is 0 Å². The zero-order chi connectivity index (χ0) is 18.3. The number of hydrogen-bond acceptors (Lipinski definition) is 4. The van der Waals surface area contributed by atoms with Crippen LogP contribution in [0.5, 0.6) is 0 Å². The Morgan fingerprint density at radius 2 is 1.33 bits per heavy atom. The zero-order valence-electron chi connectivity index (χ0n) is 15.2. The molecule has 4 atom stereocenters. The molecule has 0 aromatic heterocycles. The molecule has 1 aliphatic rings. The highest BCUT2D eigenvalue weighted by molar-refractivity contribution is 5.82. The second kappa shape index (κ2) is 9.27. The van der Waals surface area contributed by atoms with Crippen molar-refractivity contribution in [1.82, 2.24) is 9.80 Å². The molecule has 24 heavy (non-hydrogen) atoms. The lowest BCUT2D eigenvalue weighted by atomic mass is 9.79. The Bertz CT molecular complexity index is 488. The Labute approximate surface area is 145 Å². The van der Waals surface area contributed by atoms with E-state index in [4.69, 9.17) is 10.5 Å². The van der Waals surface area contributed by atoms with Gasteiger partial charge in [-0.15, -0.1) is 0 Å². The summed E-state index contributed by atoms with van der Waals surface area (Å²) < 4.78 is 0. The lowest BCUT2D eigenvalue weighted by molar-refractivity contribution is -0.141. The Balaban J connectivity index is 2.70. The van der Waals surface area contributed by atoms with E-state index in [0.717, 1.165) is 19.3 Å². The van der Waals surface area contributed by atoms with Gasteiger partial charge in [-0.1, -0.05) is 6.42 Å². The minimum absolute atomic E-state index is 0.0305. The first-order valence-electron chi connectivity index (χ1n) is 8.60. The number of carbonyl (C=O) groups excluding carboxylic acids is 2.